The predicted octanol–water partition coefficient (Wildman–Crippen LogP) is 3.95. The highest BCUT2D eigenvalue weighted by atomic mass is 35.5. The fourth-order valence-corrected chi connectivity index (χ4v) is 3.64. The van der Waals surface area contributed by atoms with Crippen molar-refractivity contribution in [1.29, 1.82) is 0 Å². The molecular weight excluding hydrogens is 286 g/mol. The normalized spacial score (nSPS) is 12.2. The van der Waals surface area contributed by atoms with Crippen LogP contribution in [-0.4, -0.2) is 9.36 Å². The smallest absolute Gasteiger partial charge is 0.179 e. The van der Waals surface area contributed by atoms with Crippen LogP contribution < -0.4 is 4.67 Å². The van der Waals surface area contributed by atoms with Crippen LogP contribution in [0.2, 0.25) is 5.15 Å². The summed E-state index contributed by atoms with van der Waals surface area (Å²) >= 11 is 5.97. The summed E-state index contributed by atoms with van der Waals surface area (Å²) in [4.78, 5) is 9.08. The topological polar surface area (TPSA) is 38.1 Å². The Morgan fingerprint density at radius 1 is 1.22 bits per heavy atom. The summed E-state index contributed by atoms with van der Waals surface area (Å²) in [5.41, 5.74) is 2.70. The summed E-state index contributed by atoms with van der Waals surface area (Å²) in [6, 6.07) is 9.98. The maximum atomic E-state index is 5.97. The number of para-hydroxylation sites is 1. The van der Waals surface area contributed by atoms with E-state index in [4.69, 9.17) is 11.6 Å². The summed E-state index contributed by atoms with van der Waals surface area (Å²) in [6.45, 7) is 1.97. The van der Waals surface area contributed by atoms with Gasteiger partial charge >= 0.3 is 0 Å². The maximum absolute atomic E-state index is 5.97. The molecule has 0 amide bonds. The first-order chi connectivity index (χ1) is 8.74. The van der Waals surface area contributed by atoms with E-state index < -0.39 is 0 Å². The molecule has 2 heterocycles. The molecule has 3 rings (SSSR count). The van der Waals surface area contributed by atoms with Crippen LogP contribution in [0.25, 0.3) is 10.9 Å². The molecule has 0 spiro atoms. The molecule has 2 aromatic heterocycles. The highest BCUT2D eigenvalue weighted by molar-refractivity contribution is 7.66. The molecule has 0 fully saturated rings. The summed E-state index contributed by atoms with van der Waals surface area (Å²) in [6.07, 6.45) is 0. The zero-order valence-corrected chi connectivity index (χ0v) is 11.8. The van der Waals surface area contributed by atoms with Crippen LogP contribution in [0.5, 0.6) is 0 Å². The SMILES string of the molecule is Cc1ccc2cccc(N=c3ssnc3Cl)c2n1. The lowest BCUT2D eigenvalue weighted by atomic mass is 10.2. The Hall–Kier alpha value is -1.30. The van der Waals surface area contributed by atoms with Crippen molar-refractivity contribution in [1.82, 2.24) is 9.36 Å². The van der Waals surface area contributed by atoms with Crippen molar-refractivity contribution in [2.24, 2.45) is 4.99 Å². The molecule has 0 atom stereocenters. The first-order valence-corrected chi connectivity index (χ1v) is 7.75. The largest absolute Gasteiger partial charge is 0.251 e. The molecule has 3 aromatic rings. The fraction of sp³-hybridized carbons (Fsp3) is 0.0833. The fourth-order valence-electron chi connectivity index (χ4n) is 1.65. The third-order valence-electron chi connectivity index (χ3n) is 2.47. The molecule has 0 N–H and O–H groups in total. The van der Waals surface area contributed by atoms with Crippen molar-refractivity contribution in [3.63, 3.8) is 0 Å². The van der Waals surface area contributed by atoms with Crippen LogP contribution in [-0.2, 0) is 0 Å². The second-order valence-corrected chi connectivity index (χ2v) is 5.95. The van der Waals surface area contributed by atoms with Gasteiger partial charge in [-0.2, -0.15) is 4.37 Å². The zero-order valence-electron chi connectivity index (χ0n) is 9.42. The van der Waals surface area contributed by atoms with E-state index >= 15 is 0 Å². The van der Waals surface area contributed by atoms with E-state index in [9.17, 15) is 0 Å². The quantitative estimate of drug-likeness (QED) is 0.637. The Kier molecular flexibility index (Phi) is 3.11. The molecule has 0 aliphatic rings. The minimum absolute atomic E-state index is 0.453. The zero-order chi connectivity index (χ0) is 12.5. The monoisotopic (exact) mass is 293 g/mol. The Bertz CT molecular complexity index is 776. The Morgan fingerprint density at radius 3 is 2.89 bits per heavy atom. The molecule has 0 saturated carbocycles. The van der Waals surface area contributed by atoms with Gasteiger partial charge in [0, 0.05) is 21.6 Å². The molecule has 0 unspecified atom stereocenters. The number of benzene rings is 1. The molecule has 6 heteroatoms. The summed E-state index contributed by atoms with van der Waals surface area (Å²) in [5.74, 6) is 0. The van der Waals surface area contributed by atoms with Gasteiger partial charge in [-0.1, -0.05) is 29.8 Å². The van der Waals surface area contributed by atoms with Crippen LogP contribution in [0.4, 0.5) is 5.69 Å². The number of nitrogens with zero attached hydrogens (tertiary/aromatic N) is 3. The average Bonchev–Trinajstić information content (AvgIpc) is 2.76. The molecule has 0 aliphatic carbocycles. The predicted molar refractivity (Wildman–Crippen MR) is 76.7 cm³/mol. The van der Waals surface area contributed by atoms with Crippen LogP contribution in [0, 0.1) is 6.92 Å². The number of aryl methyl sites for hydroxylation is 1. The van der Waals surface area contributed by atoms with Crippen molar-refractivity contribution < 1.29 is 0 Å². The van der Waals surface area contributed by atoms with Gasteiger partial charge in [0.05, 0.1) is 11.2 Å². The number of pyridine rings is 1. The van der Waals surface area contributed by atoms with Gasteiger partial charge in [-0.05, 0) is 29.4 Å². The van der Waals surface area contributed by atoms with E-state index in [2.05, 4.69) is 14.3 Å². The molecule has 0 radical (unpaired) electrons. The molecular formula is C12H8ClN3S2. The highest BCUT2D eigenvalue weighted by Crippen LogP contribution is 2.24. The van der Waals surface area contributed by atoms with Gasteiger partial charge in [-0.3, -0.25) is 4.98 Å². The number of hydrogen-bond donors (Lipinski definition) is 0. The average molecular weight is 294 g/mol. The Morgan fingerprint density at radius 2 is 2.11 bits per heavy atom. The van der Waals surface area contributed by atoms with Gasteiger partial charge in [-0.15, -0.1) is 0 Å². The van der Waals surface area contributed by atoms with Gasteiger partial charge in [0.15, 0.2) is 9.82 Å². The van der Waals surface area contributed by atoms with Crippen molar-refractivity contribution in [3.8, 4) is 0 Å². The molecule has 18 heavy (non-hydrogen) atoms. The lowest BCUT2D eigenvalue weighted by Gasteiger charge is -2.01. The molecule has 0 aliphatic heterocycles. The lowest BCUT2D eigenvalue weighted by molar-refractivity contribution is 1.24. The van der Waals surface area contributed by atoms with Gasteiger partial charge in [0.2, 0.25) is 0 Å². The third kappa shape index (κ3) is 2.16. The van der Waals surface area contributed by atoms with Crippen molar-refractivity contribution >= 4 is 49.1 Å². The van der Waals surface area contributed by atoms with Gasteiger partial charge in [-0.25, -0.2) is 4.99 Å². The molecule has 0 bridgehead atoms. The number of fused-ring (bicyclic) bond motifs is 1. The van der Waals surface area contributed by atoms with E-state index in [1.165, 1.54) is 20.9 Å². The van der Waals surface area contributed by atoms with E-state index in [1.54, 1.807) is 0 Å². The minimum atomic E-state index is 0.453. The van der Waals surface area contributed by atoms with Gasteiger partial charge in [0.25, 0.3) is 0 Å². The molecule has 90 valence electrons. The van der Waals surface area contributed by atoms with Crippen LogP contribution in [0.3, 0.4) is 0 Å². The summed E-state index contributed by atoms with van der Waals surface area (Å²) < 4.78 is 4.76. The summed E-state index contributed by atoms with van der Waals surface area (Å²) in [5, 5.41) is 1.53. The standard InChI is InChI=1S/C12H8ClN3S2/c1-7-5-6-8-3-2-4-9(10(8)14-7)15-12-11(13)16-18-17-12/h2-6H,1H3. The van der Waals surface area contributed by atoms with E-state index in [0.717, 1.165) is 27.0 Å². The first kappa shape index (κ1) is 11.8. The van der Waals surface area contributed by atoms with Crippen molar-refractivity contribution in [2.75, 3.05) is 0 Å². The second kappa shape index (κ2) is 4.76. The second-order valence-electron chi connectivity index (χ2n) is 3.76. The van der Waals surface area contributed by atoms with Crippen LogP contribution >= 0.6 is 32.5 Å². The molecule has 1 aromatic carbocycles. The lowest BCUT2D eigenvalue weighted by Crippen LogP contribution is -1.93. The number of rotatable bonds is 1. The number of halogens is 1. The van der Waals surface area contributed by atoms with Crippen LogP contribution in [0.15, 0.2) is 35.3 Å². The number of hydrogen-bond acceptors (Lipinski definition) is 5. The molecule has 3 nitrogen and oxygen atoms in total. The Balaban J connectivity index is 2.30. The third-order valence-corrected chi connectivity index (χ3v) is 4.64. The Labute approximate surface area is 116 Å². The molecule has 0 saturated heterocycles. The highest BCUT2D eigenvalue weighted by Gasteiger charge is 2.03. The van der Waals surface area contributed by atoms with Crippen molar-refractivity contribution in [2.45, 2.75) is 6.92 Å². The first-order valence-electron chi connectivity index (χ1n) is 5.27. The van der Waals surface area contributed by atoms with Crippen LogP contribution in [0.1, 0.15) is 5.69 Å². The van der Waals surface area contributed by atoms with Crippen molar-refractivity contribution in [3.05, 3.63) is 45.8 Å². The summed E-state index contributed by atoms with van der Waals surface area (Å²) in [7, 11) is 2.80. The van der Waals surface area contributed by atoms with E-state index in [0.29, 0.717) is 5.15 Å². The maximum Gasteiger partial charge on any atom is 0.179 e. The van der Waals surface area contributed by atoms with E-state index in [1.807, 2.05) is 37.3 Å². The minimum Gasteiger partial charge on any atom is -0.251 e. The van der Waals surface area contributed by atoms with E-state index in [-0.39, 0.29) is 0 Å². The number of aromatic nitrogens is 2. The van der Waals surface area contributed by atoms with Gasteiger partial charge in [0.1, 0.15) is 0 Å². The van der Waals surface area contributed by atoms with Gasteiger partial charge < -0.3 is 0 Å².